The zero-order valence-corrected chi connectivity index (χ0v) is 38.4. The molecule has 2 amide bonds. The lowest BCUT2D eigenvalue weighted by Gasteiger charge is -2.23. The quantitative estimate of drug-likeness (QED) is 0.0561. The molecule has 20 nitrogen and oxygen atoms in total. The van der Waals surface area contributed by atoms with Gasteiger partial charge in [0.2, 0.25) is 11.4 Å². The molecular weight excluding hydrogens is 839 g/mol. The van der Waals surface area contributed by atoms with E-state index < -0.39 is 19.2 Å². The summed E-state index contributed by atoms with van der Waals surface area (Å²) < 4.78 is 16.4. The number of nitrogens with zero attached hydrogens (tertiary/aromatic N) is 10. The molecule has 8 rings (SSSR count). The molecule has 8 aromatic rings. The van der Waals surface area contributed by atoms with E-state index in [1.807, 2.05) is 48.5 Å². The number of carbonyl (C=O) groups is 2. The molecule has 0 spiro atoms. The SMILES string of the molecule is COc1nn(-c2cnc3c(n2)c(C(=O)NC(C)(C)CO)cn3COCC[Si](C)(C)C)c2ccccc12.COn1n[n+](-c2cnc3[nH]cc(C(=O)NC(C)(C)CO)c3n2)c2ccccc21. The number of aliphatic hydroxyl groups is 2. The fourth-order valence-electron chi connectivity index (χ4n) is 6.59. The molecule has 0 fully saturated rings. The van der Waals surface area contributed by atoms with Crippen LogP contribution in [0.25, 0.3) is 55.9 Å². The average molecular weight is 893 g/mol. The molecule has 2 aromatic carbocycles. The normalized spacial score (nSPS) is 12.2. The zero-order chi connectivity index (χ0) is 46.0. The number of H-pyrrole nitrogens is 1. The lowest BCUT2D eigenvalue weighted by Crippen LogP contribution is -2.46. The Morgan fingerprint density at radius 1 is 0.859 bits per heavy atom. The number of hydrogen-bond donors (Lipinski definition) is 5. The summed E-state index contributed by atoms with van der Waals surface area (Å²) >= 11 is 0. The molecule has 21 heteroatoms. The second kappa shape index (κ2) is 18.1. The number of aromatic amines is 1. The first-order valence-corrected chi connectivity index (χ1v) is 24.3. The Morgan fingerprint density at radius 3 is 2.20 bits per heavy atom. The largest absolute Gasteiger partial charge is 0.479 e. The number of benzene rings is 2. The number of para-hydroxylation sites is 3. The second-order valence-corrected chi connectivity index (χ2v) is 23.3. The number of nitrogens with one attached hydrogen (secondary N) is 3. The molecule has 0 aliphatic rings. The van der Waals surface area contributed by atoms with Crippen LogP contribution in [0.3, 0.4) is 0 Å². The Balaban J connectivity index is 0.000000197. The van der Waals surface area contributed by atoms with Crippen LogP contribution in [0.1, 0.15) is 48.4 Å². The smallest absolute Gasteiger partial charge is 0.306 e. The highest BCUT2D eigenvalue weighted by Crippen LogP contribution is 2.28. The molecule has 0 unspecified atom stereocenters. The van der Waals surface area contributed by atoms with Gasteiger partial charge in [0.1, 0.15) is 31.1 Å². The summed E-state index contributed by atoms with van der Waals surface area (Å²) in [5.74, 6) is 0.663. The van der Waals surface area contributed by atoms with Crippen molar-refractivity contribution in [3.8, 4) is 17.5 Å². The molecule has 0 aliphatic heterocycles. The topological polar surface area (TPSA) is 238 Å². The third-order valence-corrected chi connectivity index (χ3v) is 11.9. The number of fused-ring (bicyclic) bond motifs is 4. The first kappa shape index (κ1) is 45.2. The van der Waals surface area contributed by atoms with E-state index in [2.05, 4.69) is 60.5 Å². The van der Waals surface area contributed by atoms with E-state index in [0.29, 0.717) is 57.6 Å². The number of carbonyl (C=O) groups excluding carboxylic acids is 2. The highest BCUT2D eigenvalue weighted by molar-refractivity contribution is 6.76. The molecule has 5 N–H and O–H groups in total. The van der Waals surface area contributed by atoms with Crippen molar-refractivity contribution in [1.29, 1.82) is 0 Å². The summed E-state index contributed by atoms with van der Waals surface area (Å²) in [6.07, 6.45) is 6.44. The number of hydrogen-bond acceptors (Lipinski definition) is 13. The van der Waals surface area contributed by atoms with Crippen LogP contribution in [-0.2, 0) is 11.5 Å². The molecule has 64 heavy (non-hydrogen) atoms. The molecule has 0 saturated heterocycles. The van der Waals surface area contributed by atoms with Crippen molar-refractivity contribution in [2.75, 3.05) is 34.0 Å². The van der Waals surface area contributed by atoms with E-state index in [1.165, 1.54) is 12.0 Å². The van der Waals surface area contributed by atoms with Crippen molar-refractivity contribution in [3.63, 3.8) is 0 Å². The number of aliphatic hydroxyl groups excluding tert-OH is 2. The van der Waals surface area contributed by atoms with Crippen molar-refractivity contribution >= 4 is 64.2 Å². The molecule has 336 valence electrons. The van der Waals surface area contributed by atoms with E-state index >= 15 is 0 Å². The van der Waals surface area contributed by atoms with Gasteiger partial charge < -0.3 is 44.7 Å². The van der Waals surface area contributed by atoms with Gasteiger partial charge in [-0.2, -0.15) is 0 Å². The van der Waals surface area contributed by atoms with Crippen molar-refractivity contribution < 1.29 is 38.8 Å². The Bertz CT molecular complexity index is 2970. The molecule has 0 aliphatic carbocycles. The molecule has 6 aromatic heterocycles. The Kier molecular flexibility index (Phi) is 12.8. The average Bonchev–Trinajstić information content (AvgIpc) is 4.06. The minimum atomic E-state index is -1.23. The van der Waals surface area contributed by atoms with Crippen LogP contribution in [0.15, 0.2) is 73.3 Å². The number of rotatable bonds is 15. The van der Waals surface area contributed by atoms with E-state index in [0.717, 1.165) is 28.0 Å². The Hall–Kier alpha value is -6.81. The van der Waals surface area contributed by atoms with Crippen molar-refractivity contribution in [2.24, 2.45) is 0 Å². The van der Waals surface area contributed by atoms with Crippen molar-refractivity contribution in [2.45, 2.75) is 71.2 Å². The Morgan fingerprint density at radius 2 is 1.53 bits per heavy atom. The minimum absolute atomic E-state index is 0.186. The molecule has 0 atom stereocenters. The highest BCUT2D eigenvalue weighted by atomic mass is 28.3. The van der Waals surface area contributed by atoms with Gasteiger partial charge in [0.15, 0.2) is 28.1 Å². The van der Waals surface area contributed by atoms with E-state index in [1.54, 1.807) is 73.5 Å². The van der Waals surface area contributed by atoms with Gasteiger partial charge in [-0.15, -0.1) is 5.10 Å². The highest BCUT2D eigenvalue weighted by Gasteiger charge is 2.28. The maximum absolute atomic E-state index is 13.2. The van der Waals surface area contributed by atoms with Gasteiger partial charge in [0, 0.05) is 31.9 Å². The van der Waals surface area contributed by atoms with Gasteiger partial charge in [-0.3, -0.25) is 9.59 Å². The van der Waals surface area contributed by atoms with Gasteiger partial charge in [-0.05, 0) is 58.0 Å². The van der Waals surface area contributed by atoms with Crippen LogP contribution in [-0.4, -0.2) is 125 Å². The summed E-state index contributed by atoms with van der Waals surface area (Å²) in [5.41, 5.74) is 3.32. The van der Waals surface area contributed by atoms with Gasteiger partial charge >= 0.3 is 5.82 Å². The molecule has 0 saturated carbocycles. The lowest BCUT2D eigenvalue weighted by molar-refractivity contribution is -0.643. The third-order valence-electron chi connectivity index (χ3n) is 10.2. The first-order chi connectivity index (χ1) is 30.5. The number of ether oxygens (including phenoxy) is 2. The van der Waals surface area contributed by atoms with Crippen LogP contribution in [0.5, 0.6) is 5.88 Å². The van der Waals surface area contributed by atoms with E-state index in [4.69, 9.17) is 19.3 Å². The van der Waals surface area contributed by atoms with Crippen LogP contribution in [0, 0.1) is 0 Å². The first-order valence-electron chi connectivity index (χ1n) is 20.6. The van der Waals surface area contributed by atoms with Crippen LogP contribution >= 0.6 is 0 Å². The number of aromatic nitrogens is 11. The number of amides is 2. The maximum Gasteiger partial charge on any atom is 0.306 e. The summed E-state index contributed by atoms with van der Waals surface area (Å²) in [7, 11) is 1.86. The second-order valence-electron chi connectivity index (χ2n) is 17.7. The standard InChI is InChI=1S/C25H34N6O4Si.C18H19N7O3/c1-25(2,15-32)28-23(33)18-14-30(16-35-11-12-36(4,5)6)22-21(18)27-20(13-26-22)31-19-10-8-7-9-17(19)24(29-31)34-3;1-18(2,10-26)22-17(27)11-8-19-16-15(11)21-14(9-20-16)24-12-6-4-5-7-13(12)25(23-24)28-3/h7-10,13-14,32H,11-12,15-16H2,1-6H3,(H,28,33);4-9,26H,10H2,1-3H3,(H-,19,20,21,22,23,27)/p+1. The van der Waals surface area contributed by atoms with Gasteiger partial charge in [-0.25, -0.2) is 19.6 Å². The lowest BCUT2D eigenvalue weighted by atomic mass is 10.1. The summed E-state index contributed by atoms with van der Waals surface area (Å²) in [5, 5.41) is 34.5. The van der Waals surface area contributed by atoms with Gasteiger partial charge in [0.05, 0.1) is 59.3 Å². The molecular formula is C43H54N13O7Si+. The fourth-order valence-corrected chi connectivity index (χ4v) is 7.34. The monoisotopic (exact) mass is 892 g/mol. The van der Waals surface area contributed by atoms with Crippen LogP contribution < -0.4 is 24.9 Å². The van der Waals surface area contributed by atoms with Gasteiger partial charge in [0.25, 0.3) is 11.8 Å². The summed E-state index contributed by atoms with van der Waals surface area (Å²) in [6, 6.07) is 16.2. The predicted octanol–water partition coefficient (Wildman–Crippen LogP) is 3.74. The predicted molar refractivity (Wildman–Crippen MR) is 241 cm³/mol. The van der Waals surface area contributed by atoms with E-state index in [-0.39, 0.29) is 31.8 Å². The zero-order valence-electron chi connectivity index (χ0n) is 37.4. The van der Waals surface area contributed by atoms with Crippen molar-refractivity contribution in [3.05, 3.63) is 84.4 Å². The molecule has 6 heterocycles. The van der Waals surface area contributed by atoms with Crippen molar-refractivity contribution in [1.82, 2.24) is 60.0 Å². The Labute approximate surface area is 369 Å². The minimum Gasteiger partial charge on any atom is -0.479 e. The van der Waals surface area contributed by atoms with Crippen LogP contribution in [0.2, 0.25) is 25.7 Å². The number of methoxy groups -OCH3 is 1. The van der Waals surface area contributed by atoms with E-state index in [9.17, 15) is 19.8 Å². The molecule has 0 bridgehead atoms. The maximum atomic E-state index is 13.2. The third kappa shape index (κ3) is 9.56. The summed E-state index contributed by atoms with van der Waals surface area (Å²) in [6.45, 7) is 14.4. The van der Waals surface area contributed by atoms with Crippen LogP contribution in [0.4, 0.5) is 0 Å². The van der Waals surface area contributed by atoms with Gasteiger partial charge in [-0.1, -0.05) is 53.6 Å². The molecule has 0 radical (unpaired) electrons. The summed E-state index contributed by atoms with van der Waals surface area (Å²) in [4.78, 5) is 53.9. The fraction of sp³-hybridized carbons (Fsp3) is 0.372.